The number of urea groups is 1. The normalized spacial score (nSPS) is 12.4. The molecule has 0 unspecified atom stereocenters. The van der Waals surface area contributed by atoms with Crippen LogP contribution >= 0.6 is 0 Å². The van der Waals surface area contributed by atoms with Crippen molar-refractivity contribution in [1.82, 2.24) is 16.0 Å². The van der Waals surface area contributed by atoms with E-state index in [9.17, 15) is 14.4 Å². The van der Waals surface area contributed by atoms with Crippen molar-refractivity contribution in [3.05, 3.63) is 0 Å². The Hall–Kier alpha value is -1.79. The number of carboxylic acids is 1. The summed E-state index contributed by atoms with van der Waals surface area (Å²) in [6.45, 7) is 7.24. The van der Waals surface area contributed by atoms with Gasteiger partial charge in [0, 0.05) is 5.54 Å². The third-order valence-electron chi connectivity index (χ3n) is 2.37. The minimum Gasteiger partial charge on any atom is -0.480 e. The van der Waals surface area contributed by atoms with E-state index < -0.39 is 18.0 Å². The number of nitrogens with one attached hydrogen (secondary N) is 3. The minimum absolute atomic E-state index is 0.191. The SMILES string of the molecule is CCCC[C@H](NC(=O)NCC(=O)NC(C)(C)C)C(=O)O. The summed E-state index contributed by atoms with van der Waals surface area (Å²) < 4.78 is 0. The van der Waals surface area contributed by atoms with E-state index in [0.717, 1.165) is 6.42 Å². The standard InChI is InChI=1S/C13H25N3O4/c1-5-6-7-9(11(18)19)15-12(20)14-8-10(17)16-13(2,3)4/h9H,5-8H2,1-4H3,(H,16,17)(H,18,19)(H2,14,15,20)/t9-/m0/s1. The molecule has 0 aliphatic rings. The van der Waals surface area contributed by atoms with Crippen molar-refractivity contribution in [3.63, 3.8) is 0 Å². The monoisotopic (exact) mass is 287 g/mol. The maximum absolute atomic E-state index is 11.5. The lowest BCUT2D eigenvalue weighted by molar-refractivity contribution is -0.139. The van der Waals surface area contributed by atoms with E-state index in [1.54, 1.807) is 0 Å². The summed E-state index contributed by atoms with van der Waals surface area (Å²) in [6, 6.07) is -1.59. The fraction of sp³-hybridized carbons (Fsp3) is 0.769. The molecule has 7 heteroatoms. The molecule has 1 atom stereocenters. The lowest BCUT2D eigenvalue weighted by Gasteiger charge is -2.21. The lowest BCUT2D eigenvalue weighted by atomic mass is 10.1. The largest absolute Gasteiger partial charge is 0.480 e. The summed E-state index contributed by atoms with van der Waals surface area (Å²) in [4.78, 5) is 34.0. The number of aliphatic carboxylic acids is 1. The molecule has 0 saturated carbocycles. The minimum atomic E-state index is -1.08. The molecule has 0 aromatic carbocycles. The molecule has 0 rings (SSSR count). The van der Waals surface area contributed by atoms with Gasteiger partial charge < -0.3 is 21.1 Å². The van der Waals surface area contributed by atoms with Gasteiger partial charge in [-0.25, -0.2) is 9.59 Å². The average Bonchev–Trinajstić information content (AvgIpc) is 2.29. The van der Waals surface area contributed by atoms with Crippen LogP contribution in [-0.4, -0.2) is 41.1 Å². The van der Waals surface area contributed by atoms with Crippen LogP contribution in [0.15, 0.2) is 0 Å². The van der Waals surface area contributed by atoms with Crippen LogP contribution in [0.25, 0.3) is 0 Å². The Bertz CT molecular complexity index is 350. The first-order valence-electron chi connectivity index (χ1n) is 6.74. The number of rotatable bonds is 7. The fourth-order valence-electron chi connectivity index (χ4n) is 1.50. The maximum Gasteiger partial charge on any atom is 0.326 e. The molecule has 0 heterocycles. The molecule has 0 fully saturated rings. The van der Waals surface area contributed by atoms with Gasteiger partial charge in [0.2, 0.25) is 5.91 Å². The van der Waals surface area contributed by atoms with Crippen LogP contribution in [-0.2, 0) is 9.59 Å². The molecule has 0 saturated heterocycles. The van der Waals surface area contributed by atoms with Crippen molar-refractivity contribution in [3.8, 4) is 0 Å². The Labute approximate surface area is 119 Å². The second kappa shape index (κ2) is 8.39. The molecular weight excluding hydrogens is 262 g/mol. The maximum atomic E-state index is 11.5. The molecule has 3 amide bonds. The van der Waals surface area contributed by atoms with Crippen molar-refractivity contribution in [2.45, 2.75) is 58.5 Å². The molecule has 0 aliphatic heterocycles. The molecule has 0 aromatic rings. The topological polar surface area (TPSA) is 108 Å². The Morgan fingerprint density at radius 3 is 2.25 bits per heavy atom. The van der Waals surface area contributed by atoms with Crippen LogP contribution in [0.1, 0.15) is 47.0 Å². The Morgan fingerprint density at radius 2 is 1.80 bits per heavy atom. The van der Waals surface area contributed by atoms with E-state index in [1.165, 1.54) is 0 Å². The zero-order chi connectivity index (χ0) is 15.8. The third kappa shape index (κ3) is 9.18. The molecule has 20 heavy (non-hydrogen) atoms. The average molecular weight is 287 g/mol. The zero-order valence-corrected chi connectivity index (χ0v) is 12.6. The molecule has 0 aromatic heterocycles. The van der Waals surface area contributed by atoms with Crippen LogP contribution in [0, 0.1) is 0 Å². The highest BCUT2D eigenvalue weighted by Crippen LogP contribution is 2.00. The Balaban J connectivity index is 4.14. The van der Waals surface area contributed by atoms with E-state index in [0.29, 0.717) is 12.8 Å². The number of hydrogen-bond donors (Lipinski definition) is 4. The van der Waals surface area contributed by atoms with Gasteiger partial charge in [-0.15, -0.1) is 0 Å². The number of amides is 3. The smallest absolute Gasteiger partial charge is 0.326 e. The van der Waals surface area contributed by atoms with Crippen molar-refractivity contribution < 1.29 is 19.5 Å². The summed E-state index contributed by atoms with van der Waals surface area (Å²) in [5.41, 5.74) is -0.375. The molecule has 0 spiro atoms. The summed E-state index contributed by atoms with van der Waals surface area (Å²) in [5, 5.41) is 16.3. The fourth-order valence-corrected chi connectivity index (χ4v) is 1.50. The van der Waals surface area contributed by atoms with E-state index in [-0.39, 0.29) is 18.0 Å². The van der Waals surface area contributed by atoms with E-state index in [1.807, 2.05) is 27.7 Å². The highest BCUT2D eigenvalue weighted by molar-refractivity contribution is 5.86. The van der Waals surface area contributed by atoms with Crippen molar-refractivity contribution >= 4 is 17.9 Å². The number of carboxylic acid groups (broad SMARTS) is 1. The quantitative estimate of drug-likeness (QED) is 0.556. The number of carbonyl (C=O) groups is 3. The van der Waals surface area contributed by atoms with Gasteiger partial charge >= 0.3 is 12.0 Å². The van der Waals surface area contributed by atoms with Gasteiger partial charge in [0.1, 0.15) is 6.04 Å². The van der Waals surface area contributed by atoms with Crippen molar-refractivity contribution in [2.75, 3.05) is 6.54 Å². The first-order valence-corrected chi connectivity index (χ1v) is 6.74. The van der Waals surface area contributed by atoms with E-state index >= 15 is 0 Å². The summed E-state index contributed by atoms with van der Waals surface area (Å²) in [5.74, 6) is -1.40. The van der Waals surface area contributed by atoms with Gasteiger partial charge in [-0.3, -0.25) is 4.79 Å². The number of carbonyl (C=O) groups excluding carboxylic acids is 2. The highest BCUT2D eigenvalue weighted by atomic mass is 16.4. The molecule has 116 valence electrons. The van der Waals surface area contributed by atoms with Gasteiger partial charge in [-0.2, -0.15) is 0 Å². The first-order chi connectivity index (χ1) is 9.15. The third-order valence-corrected chi connectivity index (χ3v) is 2.37. The van der Waals surface area contributed by atoms with Crippen molar-refractivity contribution in [1.29, 1.82) is 0 Å². The van der Waals surface area contributed by atoms with Crippen LogP contribution in [0.4, 0.5) is 4.79 Å². The highest BCUT2D eigenvalue weighted by Gasteiger charge is 2.20. The van der Waals surface area contributed by atoms with Gasteiger partial charge in [0.15, 0.2) is 0 Å². The van der Waals surface area contributed by atoms with Crippen LogP contribution in [0.5, 0.6) is 0 Å². The van der Waals surface area contributed by atoms with Crippen LogP contribution in [0.3, 0.4) is 0 Å². The summed E-state index contributed by atoms with van der Waals surface area (Å²) in [6.07, 6.45) is 1.93. The predicted octanol–water partition coefficient (Wildman–Crippen LogP) is 0.844. The summed E-state index contributed by atoms with van der Waals surface area (Å²) >= 11 is 0. The zero-order valence-electron chi connectivity index (χ0n) is 12.6. The summed E-state index contributed by atoms with van der Waals surface area (Å²) in [7, 11) is 0. The second-order valence-corrected chi connectivity index (χ2v) is 5.66. The van der Waals surface area contributed by atoms with Crippen LogP contribution in [0.2, 0.25) is 0 Å². The van der Waals surface area contributed by atoms with Crippen molar-refractivity contribution in [2.24, 2.45) is 0 Å². The predicted molar refractivity (Wildman–Crippen MR) is 75.4 cm³/mol. The molecule has 7 nitrogen and oxygen atoms in total. The molecule has 0 bridgehead atoms. The molecule has 4 N–H and O–H groups in total. The van der Waals surface area contributed by atoms with E-state index in [2.05, 4.69) is 16.0 Å². The molecular formula is C13H25N3O4. The molecule has 0 aliphatic carbocycles. The Morgan fingerprint density at radius 1 is 1.20 bits per heavy atom. The van der Waals surface area contributed by atoms with E-state index in [4.69, 9.17) is 5.11 Å². The second-order valence-electron chi connectivity index (χ2n) is 5.66. The Kier molecular flexibility index (Phi) is 7.64. The first kappa shape index (κ1) is 18.2. The van der Waals surface area contributed by atoms with Gasteiger partial charge in [-0.05, 0) is 27.2 Å². The van der Waals surface area contributed by atoms with Crippen LogP contribution < -0.4 is 16.0 Å². The van der Waals surface area contributed by atoms with Gasteiger partial charge in [-0.1, -0.05) is 19.8 Å². The van der Waals surface area contributed by atoms with Gasteiger partial charge in [0.05, 0.1) is 6.54 Å². The van der Waals surface area contributed by atoms with Gasteiger partial charge in [0.25, 0.3) is 0 Å². The lowest BCUT2D eigenvalue weighted by Crippen LogP contribution is -2.50. The number of unbranched alkanes of at least 4 members (excludes halogenated alkanes) is 1. The number of hydrogen-bond acceptors (Lipinski definition) is 3. The molecule has 0 radical (unpaired) electrons.